The van der Waals surface area contributed by atoms with E-state index < -0.39 is 15.1 Å². The molecule has 0 saturated carbocycles. The van der Waals surface area contributed by atoms with Crippen LogP contribution >= 0.6 is 0 Å². The number of anilines is 2. The summed E-state index contributed by atoms with van der Waals surface area (Å²) in [5, 5.41) is 1.91. The Morgan fingerprint density at radius 1 is 1.07 bits per heavy atom. The molecule has 0 radical (unpaired) electrons. The van der Waals surface area contributed by atoms with Crippen molar-refractivity contribution < 1.29 is 18.0 Å². The highest BCUT2D eigenvalue weighted by molar-refractivity contribution is 7.92. The van der Waals surface area contributed by atoms with E-state index in [2.05, 4.69) is 19.2 Å². The van der Waals surface area contributed by atoms with Gasteiger partial charge in [-0.25, -0.2) is 8.42 Å². The molecule has 0 bridgehead atoms. The molecule has 1 heterocycles. The van der Waals surface area contributed by atoms with Gasteiger partial charge in [0.15, 0.2) is 9.84 Å². The summed E-state index contributed by atoms with van der Waals surface area (Å²) in [5.74, 6) is -0.00197. The summed E-state index contributed by atoms with van der Waals surface area (Å²) in [6, 6.07) is 12.4. The van der Waals surface area contributed by atoms with Gasteiger partial charge >= 0.3 is 0 Å². The number of carbonyl (C=O) groups excluding carboxylic acids is 2. The minimum Gasteiger partial charge on any atom is -0.326 e. The van der Waals surface area contributed by atoms with Crippen LogP contribution in [0.4, 0.5) is 11.4 Å². The summed E-state index contributed by atoms with van der Waals surface area (Å²) in [6.45, 7) is 7.79. The van der Waals surface area contributed by atoms with Gasteiger partial charge in [-0.3, -0.25) is 9.59 Å². The van der Waals surface area contributed by atoms with Crippen LogP contribution in [0.2, 0.25) is 0 Å². The molecule has 160 valence electrons. The second-order valence-corrected chi connectivity index (χ2v) is 10.5. The van der Waals surface area contributed by atoms with Crippen LogP contribution in [0.25, 0.3) is 0 Å². The van der Waals surface area contributed by atoms with E-state index in [9.17, 15) is 18.0 Å². The monoisotopic (exact) mass is 428 g/mol. The van der Waals surface area contributed by atoms with E-state index in [1.54, 1.807) is 24.0 Å². The zero-order valence-corrected chi connectivity index (χ0v) is 18.6. The Morgan fingerprint density at radius 3 is 2.33 bits per heavy atom. The molecule has 1 unspecified atom stereocenters. The first-order valence-corrected chi connectivity index (χ1v) is 11.7. The lowest BCUT2D eigenvalue weighted by molar-refractivity contribution is -0.117. The van der Waals surface area contributed by atoms with Crippen LogP contribution in [0.1, 0.15) is 51.2 Å². The zero-order chi connectivity index (χ0) is 22.1. The van der Waals surface area contributed by atoms with Crippen molar-refractivity contribution in [3.8, 4) is 0 Å². The van der Waals surface area contributed by atoms with Crippen LogP contribution in [-0.4, -0.2) is 32.0 Å². The number of sulfone groups is 1. The van der Waals surface area contributed by atoms with Crippen molar-refractivity contribution in [3.63, 3.8) is 0 Å². The number of fused-ring (bicyclic) bond motifs is 1. The lowest BCUT2D eigenvalue weighted by atomic mass is 10.0. The van der Waals surface area contributed by atoms with Crippen molar-refractivity contribution in [3.05, 3.63) is 53.6 Å². The third-order valence-corrected chi connectivity index (χ3v) is 7.66. The number of nitrogens with zero attached hydrogens (tertiary/aromatic N) is 1. The molecule has 1 aliphatic rings. The van der Waals surface area contributed by atoms with Crippen molar-refractivity contribution in [2.75, 3.05) is 16.8 Å². The molecule has 0 aromatic heterocycles. The van der Waals surface area contributed by atoms with Gasteiger partial charge in [0.05, 0.1) is 10.1 Å². The quantitative estimate of drug-likeness (QED) is 0.756. The molecule has 2 aromatic carbocycles. The summed E-state index contributed by atoms with van der Waals surface area (Å²) in [6.07, 6.45) is 0.491. The molecule has 6 nitrogen and oxygen atoms in total. The van der Waals surface area contributed by atoms with Gasteiger partial charge in [0, 0.05) is 31.3 Å². The highest BCUT2D eigenvalue weighted by Crippen LogP contribution is 2.31. The summed E-state index contributed by atoms with van der Waals surface area (Å²) in [7, 11) is -3.67. The van der Waals surface area contributed by atoms with Crippen LogP contribution in [-0.2, 0) is 25.8 Å². The van der Waals surface area contributed by atoms with E-state index in [0.29, 0.717) is 24.6 Å². The smallest absolute Gasteiger partial charge is 0.225 e. The molecule has 0 aliphatic carbocycles. The third-order valence-electron chi connectivity index (χ3n) is 5.52. The van der Waals surface area contributed by atoms with Gasteiger partial charge in [-0.1, -0.05) is 26.0 Å². The Hall–Kier alpha value is -2.67. The highest BCUT2D eigenvalue weighted by atomic mass is 32.2. The van der Waals surface area contributed by atoms with Crippen LogP contribution < -0.4 is 10.2 Å². The minimum atomic E-state index is -3.67. The highest BCUT2D eigenvalue weighted by Gasteiger charge is 2.29. The number of carbonyl (C=O) groups is 2. The first kappa shape index (κ1) is 22.0. The maximum Gasteiger partial charge on any atom is 0.225 e. The van der Waals surface area contributed by atoms with E-state index in [4.69, 9.17) is 0 Å². The Balaban J connectivity index is 1.69. The predicted molar refractivity (Wildman–Crippen MR) is 119 cm³/mol. The van der Waals surface area contributed by atoms with Gasteiger partial charge in [-0.2, -0.15) is 0 Å². The molecular weight excluding hydrogens is 400 g/mol. The normalized spacial score (nSPS) is 14.5. The summed E-state index contributed by atoms with van der Waals surface area (Å²) < 4.78 is 26.0. The minimum absolute atomic E-state index is 0.0594. The second kappa shape index (κ2) is 8.60. The second-order valence-electron chi connectivity index (χ2n) is 8.10. The molecule has 0 fully saturated rings. The average molecular weight is 429 g/mol. The van der Waals surface area contributed by atoms with E-state index in [1.807, 2.05) is 24.3 Å². The van der Waals surface area contributed by atoms with Crippen LogP contribution in [0.5, 0.6) is 0 Å². The molecule has 30 heavy (non-hydrogen) atoms. The Bertz CT molecular complexity index is 1060. The van der Waals surface area contributed by atoms with Crippen molar-refractivity contribution in [1.29, 1.82) is 0 Å². The maximum atomic E-state index is 13.0. The lowest BCUT2D eigenvalue weighted by Gasteiger charge is -2.16. The molecule has 2 aromatic rings. The molecule has 7 heteroatoms. The molecular formula is C23H28N2O4S. The van der Waals surface area contributed by atoms with Gasteiger partial charge in [0.1, 0.15) is 0 Å². The van der Waals surface area contributed by atoms with Crippen LogP contribution in [0.15, 0.2) is 47.4 Å². The molecule has 3 rings (SSSR count). The number of amides is 2. The number of hydrogen-bond acceptors (Lipinski definition) is 4. The molecule has 1 aliphatic heterocycles. The fraction of sp³-hybridized carbons (Fsp3) is 0.391. The lowest BCUT2D eigenvalue weighted by Crippen LogP contribution is -2.26. The Labute approximate surface area is 178 Å². The maximum absolute atomic E-state index is 13.0. The van der Waals surface area contributed by atoms with Gasteiger partial charge in [0.25, 0.3) is 0 Å². The fourth-order valence-corrected chi connectivity index (χ4v) is 5.05. The Morgan fingerprint density at radius 2 is 1.73 bits per heavy atom. The number of rotatable bonds is 6. The predicted octanol–water partition coefficient (Wildman–Crippen LogP) is 3.91. The summed E-state index contributed by atoms with van der Waals surface area (Å²) >= 11 is 0. The number of nitrogens with one attached hydrogen (secondary N) is 1. The van der Waals surface area contributed by atoms with Gasteiger partial charge in [-0.05, 0) is 60.7 Å². The first-order valence-electron chi connectivity index (χ1n) is 10.1. The average Bonchev–Trinajstić information content (AvgIpc) is 3.11. The van der Waals surface area contributed by atoms with Gasteiger partial charge < -0.3 is 10.2 Å². The van der Waals surface area contributed by atoms with Crippen molar-refractivity contribution in [2.24, 2.45) is 0 Å². The third kappa shape index (κ3) is 4.56. The van der Waals surface area contributed by atoms with Gasteiger partial charge in [-0.15, -0.1) is 0 Å². The molecule has 0 saturated heterocycles. The summed E-state index contributed by atoms with van der Waals surface area (Å²) in [4.78, 5) is 25.9. The van der Waals surface area contributed by atoms with E-state index in [1.165, 1.54) is 18.6 Å². The molecule has 1 atom stereocenters. The van der Waals surface area contributed by atoms with E-state index in [-0.39, 0.29) is 23.1 Å². The molecule has 1 N–H and O–H groups in total. The number of hydrogen-bond donors (Lipinski definition) is 1. The SMILES string of the molecule is CC(=O)N1CCc2cc(S(=O)(=O)C(C)CC(=O)Nc3ccc(C(C)C)cc3)ccc21. The van der Waals surface area contributed by atoms with Crippen molar-refractivity contribution in [2.45, 2.75) is 56.6 Å². The van der Waals surface area contributed by atoms with Crippen LogP contribution in [0.3, 0.4) is 0 Å². The van der Waals surface area contributed by atoms with E-state index in [0.717, 1.165) is 11.3 Å². The topological polar surface area (TPSA) is 83.6 Å². The fourth-order valence-electron chi connectivity index (χ4n) is 3.65. The zero-order valence-electron chi connectivity index (χ0n) is 17.8. The largest absolute Gasteiger partial charge is 0.326 e. The molecule has 0 spiro atoms. The van der Waals surface area contributed by atoms with Gasteiger partial charge in [0.2, 0.25) is 11.8 Å². The van der Waals surface area contributed by atoms with Crippen molar-refractivity contribution in [1.82, 2.24) is 0 Å². The number of benzene rings is 2. The first-order chi connectivity index (χ1) is 14.1. The Kier molecular flexibility index (Phi) is 6.31. The standard InChI is InChI=1S/C23H28N2O4S/c1-15(2)18-5-7-20(8-6-18)24-23(27)13-16(3)30(28,29)21-9-10-22-19(14-21)11-12-25(22)17(4)26/h5-10,14-16H,11-13H2,1-4H3,(H,24,27). The molecule has 2 amide bonds. The van der Waals surface area contributed by atoms with E-state index >= 15 is 0 Å². The summed E-state index contributed by atoms with van der Waals surface area (Å²) in [5.41, 5.74) is 3.42. The van der Waals surface area contributed by atoms with Crippen LogP contribution in [0, 0.1) is 0 Å². The van der Waals surface area contributed by atoms with Crippen molar-refractivity contribution >= 4 is 33.0 Å².